The van der Waals surface area contributed by atoms with Crippen molar-refractivity contribution in [3.63, 3.8) is 0 Å². The van der Waals surface area contributed by atoms with E-state index in [2.05, 4.69) is 29.5 Å². The number of imidazole rings is 1. The fraction of sp³-hybridized carbons (Fsp3) is 0.240. The van der Waals surface area contributed by atoms with Crippen molar-refractivity contribution in [2.45, 2.75) is 26.9 Å². The predicted molar refractivity (Wildman–Crippen MR) is 121 cm³/mol. The molecule has 0 aliphatic rings. The van der Waals surface area contributed by atoms with Gasteiger partial charge in [-0.3, -0.25) is 9.78 Å². The number of pyridine rings is 1. The summed E-state index contributed by atoms with van der Waals surface area (Å²) in [7, 11) is 1.79. The molecule has 6 heteroatoms. The topological polar surface area (TPSA) is 60.2 Å². The second-order valence-corrected chi connectivity index (χ2v) is 7.74. The van der Waals surface area contributed by atoms with Crippen LogP contribution in [-0.2, 0) is 13.1 Å². The fourth-order valence-electron chi connectivity index (χ4n) is 3.77. The number of carbonyl (C=O) groups excluding carboxylic acids is 1. The molecule has 1 amide bonds. The Morgan fingerprint density at radius 2 is 1.74 bits per heavy atom. The first-order valence-corrected chi connectivity index (χ1v) is 10.3. The van der Waals surface area contributed by atoms with Gasteiger partial charge in [-0.1, -0.05) is 18.2 Å². The molecule has 158 valence electrons. The van der Waals surface area contributed by atoms with E-state index in [1.54, 1.807) is 36.5 Å². The van der Waals surface area contributed by atoms with Crippen LogP contribution in [0.2, 0.25) is 0 Å². The summed E-state index contributed by atoms with van der Waals surface area (Å²) < 4.78 is 8.16. The maximum absolute atomic E-state index is 12.8. The molecule has 0 saturated heterocycles. The number of hydrogen-bond acceptors (Lipinski definition) is 4. The van der Waals surface area contributed by atoms with E-state index in [0.717, 1.165) is 22.6 Å². The molecule has 31 heavy (non-hydrogen) atoms. The Kier molecular flexibility index (Phi) is 5.98. The number of nitrogens with zero attached hydrogens (tertiary/aromatic N) is 4. The summed E-state index contributed by atoms with van der Waals surface area (Å²) in [6.45, 7) is 5.69. The molecule has 2 aromatic carbocycles. The minimum atomic E-state index is -0.0625. The Morgan fingerprint density at radius 1 is 1.03 bits per heavy atom. The van der Waals surface area contributed by atoms with Crippen LogP contribution in [0, 0.1) is 13.8 Å². The average molecular weight is 415 g/mol. The van der Waals surface area contributed by atoms with Crippen molar-refractivity contribution in [1.82, 2.24) is 19.4 Å². The monoisotopic (exact) mass is 414 g/mol. The quantitative estimate of drug-likeness (QED) is 0.450. The largest absolute Gasteiger partial charge is 0.492 e. The van der Waals surface area contributed by atoms with E-state index in [0.29, 0.717) is 25.3 Å². The zero-order valence-electron chi connectivity index (χ0n) is 18.1. The van der Waals surface area contributed by atoms with E-state index in [4.69, 9.17) is 9.72 Å². The number of rotatable bonds is 7. The summed E-state index contributed by atoms with van der Waals surface area (Å²) in [6.07, 6.45) is 3.25. The highest BCUT2D eigenvalue weighted by atomic mass is 16.5. The maximum Gasteiger partial charge on any atom is 0.254 e. The van der Waals surface area contributed by atoms with E-state index in [1.807, 2.05) is 36.4 Å². The third-order valence-electron chi connectivity index (χ3n) is 5.16. The number of hydrogen-bond donors (Lipinski definition) is 0. The molecule has 2 aromatic heterocycles. The molecule has 0 atom stereocenters. The van der Waals surface area contributed by atoms with Crippen molar-refractivity contribution < 1.29 is 9.53 Å². The predicted octanol–water partition coefficient (Wildman–Crippen LogP) is 4.40. The van der Waals surface area contributed by atoms with E-state index < -0.39 is 0 Å². The van der Waals surface area contributed by atoms with Crippen LogP contribution in [-0.4, -0.2) is 39.0 Å². The Hall–Kier alpha value is -3.67. The van der Waals surface area contributed by atoms with Crippen LogP contribution in [0.15, 0.2) is 67.0 Å². The average Bonchev–Trinajstić information content (AvgIpc) is 3.10. The number of amides is 1. The lowest BCUT2D eigenvalue weighted by Crippen LogP contribution is -2.28. The molecule has 0 spiro atoms. The maximum atomic E-state index is 12.8. The lowest BCUT2D eigenvalue weighted by Gasteiger charge is -2.18. The standard InChI is InChI=1S/C25H26N4O2/c1-18-14-19(2)16-21(15-18)31-13-12-29-23-7-5-4-6-22(23)27-24(29)17-28(3)25(30)20-8-10-26-11-9-20/h4-11,14-16H,12-13,17H2,1-3H3. The lowest BCUT2D eigenvalue weighted by atomic mass is 10.1. The van der Waals surface area contributed by atoms with E-state index in [9.17, 15) is 4.79 Å². The fourth-order valence-corrected chi connectivity index (χ4v) is 3.77. The summed E-state index contributed by atoms with van der Waals surface area (Å²) in [4.78, 5) is 23.2. The van der Waals surface area contributed by atoms with Gasteiger partial charge in [-0.15, -0.1) is 0 Å². The van der Waals surface area contributed by atoms with Crippen LogP contribution in [0.1, 0.15) is 27.3 Å². The molecule has 0 saturated carbocycles. The van der Waals surface area contributed by atoms with Gasteiger partial charge in [-0.2, -0.15) is 0 Å². The highest BCUT2D eigenvalue weighted by Crippen LogP contribution is 2.19. The highest BCUT2D eigenvalue weighted by Gasteiger charge is 2.17. The van der Waals surface area contributed by atoms with Gasteiger partial charge in [-0.25, -0.2) is 4.98 Å². The van der Waals surface area contributed by atoms with Crippen molar-refractivity contribution in [2.75, 3.05) is 13.7 Å². The van der Waals surface area contributed by atoms with Crippen LogP contribution in [0.5, 0.6) is 5.75 Å². The molecular formula is C25H26N4O2. The molecule has 0 aliphatic heterocycles. The Bertz CT molecular complexity index is 1180. The van der Waals surface area contributed by atoms with Gasteiger partial charge in [-0.05, 0) is 61.4 Å². The number of aryl methyl sites for hydroxylation is 2. The van der Waals surface area contributed by atoms with Gasteiger partial charge < -0.3 is 14.2 Å². The first kappa shape index (κ1) is 20.6. The molecule has 0 fully saturated rings. The highest BCUT2D eigenvalue weighted by molar-refractivity contribution is 5.93. The van der Waals surface area contributed by atoms with E-state index in [1.165, 1.54) is 11.1 Å². The number of fused-ring (bicyclic) bond motifs is 1. The zero-order valence-corrected chi connectivity index (χ0v) is 18.1. The molecule has 0 aliphatic carbocycles. The van der Waals surface area contributed by atoms with Gasteiger partial charge >= 0.3 is 0 Å². The molecule has 0 unspecified atom stereocenters. The van der Waals surface area contributed by atoms with Crippen LogP contribution < -0.4 is 4.74 Å². The summed E-state index contributed by atoms with van der Waals surface area (Å²) in [6, 6.07) is 17.7. The molecule has 2 heterocycles. The van der Waals surface area contributed by atoms with Gasteiger partial charge in [0.25, 0.3) is 5.91 Å². The van der Waals surface area contributed by atoms with Gasteiger partial charge in [0.05, 0.1) is 24.1 Å². The normalized spacial score (nSPS) is 10.9. The first-order valence-electron chi connectivity index (χ1n) is 10.3. The number of carbonyl (C=O) groups is 1. The summed E-state index contributed by atoms with van der Waals surface area (Å²) in [5, 5.41) is 0. The molecular weight excluding hydrogens is 388 g/mol. The third kappa shape index (κ3) is 4.74. The van der Waals surface area contributed by atoms with Crippen molar-refractivity contribution in [3.8, 4) is 5.75 Å². The molecule has 4 aromatic rings. The molecule has 0 N–H and O–H groups in total. The van der Waals surface area contributed by atoms with E-state index in [-0.39, 0.29) is 5.91 Å². The number of aromatic nitrogens is 3. The smallest absolute Gasteiger partial charge is 0.254 e. The number of benzene rings is 2. The number of ether oxygens (including phenoxy) is 1. The van der Waals surface area contributed by atoms with Gasteiger partial charge in [0, 0.05) is 25.0 Å². The SMILES string of the molecule is Cc1cc(C)cc(OCCn2c(CN(C)C(=O)c3ccncc3)nc3ccccc32)c1. The van der Waals surface area contributed by atoms with Gasteiger partial charge in [0.1, 0.15) is 18.2 Å². The Balaban J connectivity index is 1.53. The van der Waals surface area contributed by atoms with Crippen molar-refractivity contribution in [1.29, 1.82) is 0 Å². The van der Waals surface area contributed by atoms with E-state index >= 15 is 0 Å². The summed E-state index contributed by atoms with van der Waals surface area (Å²) in [5.74, 6) is 1.64. The first-order chi connectivity index (χ1) is 15.0. The molecule has 4 rings (SSSR count). The molecule has 6 nitrogen and oxygen atoms in total. The van der Waals surface area contributed by atoms with Crippen LogP contribution in [0.4, 0.5) is 0 Å². The Morgan fingerprint density at radius 3 is 2.48 bits per heavy atom. The van der Waals surface area contributed by atoms with Crippen LogP contribution in [0.25, 0.3) is 11.0 Å². The van der Waals surface area contributed by atoms with Gasteiger partial charge in [0.2, 0.25) is 0 Å². The second-order valence-electron chi connectivity index (χ2n) is 7.74. The number of para-hydroxylation sites is 2. The van der Waals surface area contributed by atoms with Crippen LogP contribution in [0.3, 0.4) is 0 Å². The summed E-state index contributed by atoms with van der Waals surface area (Å²) >= 11 is 0. The van der Waals surface area contributed by atoms with Crippen molar-refractivity contribution >= 4 is 16.9 Å². The van der Waals surface area contributed by atoms with Gasteiger partial charge in [0.15, 0.2) is 0 Å². The third-order valence-corrected chi connectivity index (χ3v) is 5.16. The Labute approximate surface area is 182 Å². The minimum absolute atomic E-state index is 0.0625. The molecule has 0 radical (unpaired) electrons. The zero-order chi connectivity index (χ0) is 21.8. The molecule has 0 bridgehead atoms. The van der Waals surface area contributed by atoms with Crippen molar-refractivity contribution in [2.24, 2.45) is 0 Å². The summed E-state index contributed by atoms with van der Waals surface area (Å²) in [5.41, 5.74) is 4.92. The second kappa shape index (κ2) is 9.00. The van der Waals surface area contributed by atoms with Crippen LogP contribution >= 0.6 is 0 Å². The minimum Gasteiger partial charge on any atom is -0.492 e. The van der Waals surface area contributed by atoms with Crippen molar-refractivity contribution in [3.05, 3.63) is 89.5 Å². The lowest BCUT2D eigenvalue weighted by molar-refractivity contribution is 0.0780.